The lowest BCUT2D eigenvalue weighted by Crippen LogP contribution is -2.60. The molecule has 1 amide bonds. The van der Waals surface area contributed by atoms with Gasteiger partial charge in [0.2, 0.25) is 5.91 Å². The Kier molecular flexibility index (Phi) is 5.05. The second kappa shape index (κ2) is 8.07. The van der Waals surface area contributed by atoms with Crippen molar-refractivity contribution < 1.29 is 4.79 Å². The molecule has 2 aromatic carbocycles. The molecule has 7 rings (SSSR count). The Labute approximate surface area is 193 Å². The molecular weight excluding hydrogens is 416 g/mol. The lowest BCUT2D eigenvalue weighted by Gasteiger charge is -2.56. The maximum absolute atomic E-state index is 13.0. The minimum absolute atomic E-state index is 0.0503. The molecule has 0 radical (unpaired) electrons. The van der Waals surface area contributed by atoms with Crippen LogP contribution in [-0.4, -0.2) is 32.0 Å². The molecular formula is C26H28N4OS. The summed E-state index contributed by atoms with van der Waals surface area (Å²) in [5, 5.41) is 13.2. The zero-order valence-corrected chi connectivity index (χ0v) is 18.9. The van der Waals surface area contributed by atoms with Crippen molar-refractivity contribution in [3.05, 3.63) is 60.7 Å². The van der Waals surface area contributed by atoms with Gasteiger partial charge in [-0.3, -0.25) is 9.36 Å². The van der Waals surface area contributed by atoms with Crippen LogP contribution in [0.3, 0.4) is 0 Å². The van der Waals surface area contributed by atoms with Crippen LogP contribution in [0.2, 0.25) is 0 Å². The van der Waals surface area contributed by atoms with Crippen molar-refractivity contribution >= 4 is 17.7 Å². The number of thioether (sulfide) groups is 1. The molecule has 0 spiro atoms. The summed E-state index contributed by atoms with van der Waals surface area (Å²) in [7, 11) is 0. The number of aromatic nitrogens is 3. The standard InChI is InChI=1S/C26H28N4OS/c31-23(27-26-14-18-11-19(15-26)13-20(12-18)16-26)17-32-25-29-28-24(21-7-3-1-4-8-21)30(25)22-9-5-2-6-10-22/h1-10,18-20H,11-17H2,(H,27,31). The third kappa shape index (κ3) is 3.75. The lowest BCUT2D eigenvalue weighted by atomic mass is 9.53. The fourth-order valence-electron chi connectivity index (χ4n) is 6.67. The average Bonchev–Trinajstić information content (AvgIpc) is 3.22. The third-order valence-electron chi connectivity index (χ3n) is 7.45. The highest BCUT2D eigenvalue weighted by Crippen LogP contribution is 2.55. The zero-order valence-electron chi connectivity index (χ0n) is 18.1. The molecule has 1 N–H and O–H groups in total. The molecule has 0 saturated heterocycles. The lowest BCUT2D eigenvalue weighted by molar-refractivity contribution is -0.124. The number of para-hydroxylation sites is 1. The van der Waals surface area contributed by atoms with Crippen molar-refractivity contribution in [2.75, 3.05) is 5.75 Å². The van der Waals surface area contributed by atoms with Crippen LogP contribution in [0.1, 0.15) is 38.5 Å². The predicted octanol–water partition coefficient (Wildman–Crippen LogP) is 5.11. The van der Waals surface area contributed by atoms with Gasteiger partial charge in [0.25, 0.3) is 0 Å². The minimum Gasteiger partial charge on any atom is -0.350 e. The van der Waals surface area contributed by atoms with E-state index in [-0.39, 0.29) is 11.4 Å². The molecule has 164 valence electrons. The van der Waals surface area contributed by atoms with E-state index < -0.39 is 0 Å². The zero-order chi connectivity index (χ0) is 21.5. The van der Waals surface area contributed by atoms with Crippen LogP contribution in [0.4, 0.5) is 0 Å². The molecule has 4 bridgehead atoms. The molecule has 0 unspecified atom stereocenters. The molecule has 0 aliphatic heterocycles. The Balaban J connectivity index is 1.21. The number of hydrogen-bond donors (Lipinski definition) is 1. The molecule has 4 aliphatic carbocycles. The highest BCUT2D eigenvalue weighted by Gasteiger charge is 2.51. The van der Waals surface area contributed by atoms with Gasteiger partial charge < -0.3 is 5.32 Å². The van der Waals surface area contributed by atoms with Gasteiger partial charge in [0, 0.05) is 16.8 Å². The van der Waals surface area contributed by atoms with Crippen LogP contribution < -0.4 is 5.32 Å². The normalized spacial score (nSPS) is 28.1. The van der Waals surface area contributed by atoms with Gasteiger partial charge in [-0.2, -0.15) is 0 Å². The van der Waals surface area contributed by atoms with E-state index in [1.807, 2.05) is 48.5 Å². The Morgan fingerprint density at radius 2 is 1.50 bits per heavy atom. The van der Waals surface area contributed by atoms with E-state index in [1.54, 1.807) is 0 Å². The summed E-state index contributed by atoms with van der Waals surface area (Å²) in [4.78, 5) is 13.0. The molecule has 5 nitrogen and oxygen atoms in total. The molecule has 1 heterocycles. The van der Waals surface area contributed by atoms with Crippen LogP contribution in [0.25, 0.3) is 17.1 Å². The number of nitrogens with one attached hydrogen (secondary N) is 1. The highest BCUT2D eigenvalue weighted by molar-refractivity contribution is 7.99. The Hall–Kier alpha value is -2.60. The maximum Gasteiger partial charge on any atom is 0.230 e. The van der Waals surface area contributed by atoms with Gasteiger partial charge in [0.1, 0.15) is 0 Å². The van der Waals surface area contributed by atoms with E-state index in [4.69, 9.17) is 0 Å². The number of carbonyl (C=O) groups excluding carboxylic acids is 1. The maximum atomic E-state index is 13.0. The Morgan fingerprint density at radius 3 is 2.12 bits per heavy atom. The molecule has 32 heavy (non-hydrogen) atoms. The first-order chi connectivity index (χ1) is 15.7. The highest BCUT2D eigenvalue weighted by atomic mass is 32.2. The molecule has 6 heteroatoms. The number of hydrogen-bond acceptors (Lipinski definition) is 4. The SMILES string of the molecule is O=C(CSc1nnc(-c2ccccc2)n1-c1ccccc1)NC12CC3CC(CC(C3)C1)C2. The van der Waals surface area contributed by atoms with Gasteiger partial charge in [-0.1, -0.05) is 60.3 Å². The first-order valence-electron chi connectivity index (χ1n) is 11.7. The first kappa shape index (κ1) is 20.0. The van der Waals surface area contributed by atoms with E-state index in [2.05, 4.69) is 32.2 Å². The van der Waals surface area contributed by atoms with Gasteiger partial charge in [0.15, 0.2) is 11.0 Å². The van der Waals surface area contributed by atoms with Crippen molar-refractivity contribution in [3.8, 4) is 17.1 Å². The van der Waals surface area contributed by atoms with Gasteiger partial charge in [-0.05, 0) is 68.4 Å². The van der Waals surface area contributed by atoms with Crippen molar-refractivity contribution in [2.45, 2.75) is 49.2 Å². The molecule has 0 atom stereocenters. The molecule has 4 aliphatic rings. The van der Waals surface area contributed by atoms with Crippen LogP contribution in [-0.2, 0) is 4.79 Å². The van der Waals surface area contributed by atoms with E-state index >= 15 is 0 Å². The van der Waals surface area contributed by atoms with Crippen molar-refractivity contribution in [2.24, 2.45) is 17.8 Å². The van der Waals surface area contributed by atoms with E-state index in [1.165, 1.54) is 50.3 Å². The molecule has 3 aromatic rings. The summed E-state index contributed by atoms with van der Waals surface area (Å²) in [6, 6.07) is 20.2. The average molecular weight is 445 g/mol. The van der Waals surface area contributed by atoms with Crippen molar-refractivity contribution in [1.82, 2.24) is 20.1 Å². The monoisotopic (exact) mass is 444 g/mol. The Bertz CT molecular complexity index is 1080. The number of amides is 1. The second-order valence-corrected chi connectivity index (χ2v) is 10.8. The smallest absolute Gasteiger partial charge is 0.230 e. The molecule has 1 aromatic heterocycles. The third-order valence-corrected chi connectivity index (χ3v) is 8.38. The fourth-order valence-corrected chi connectivity index (χ4v) is 7.43. The van der Waals surface area contributed by atoms with Crippen LogP contribution in [0, 0.1) is 17.8 Å². The number of benzene rings is 2. The second-order valence-electron chi connectivity index (χ2n) is 9.88. The Morgan fingerprint density at radius 1 is 0.906 bits per heavy atom. The first-order valence-corrected chi connectivity index (χ1v) is 12.7. The van der Waals surface area contributed by atoms with Gasteiger partial charge in [0.05, 0.1) is 5.75 Å². The largest absolute Gasteiger partial charge is 0.350 e. The van der Waals surface area contributed by atoms with Gasteiger partial charge in [-0.25, -0.2) is 0 Å². The van der Waals surface area contributed by atoms with E-state index in [0.29, 0.717) is 5.75 Å². The van der Waals surface area contributed by atoms with Crippen LogP contribution in [0.15, 0.2) is 65.8 Å². The predicted molar refractivity (Wildman–Crippen MR) is 127 cm³/mol. The molecule has 4 fully saturated rings. The van der Waals surface area contributed by atoms with Gasteiger partial charge >= 0.3 is 0 Å². The van der Waals surface area contributed by atoms with E-state index in [0.717, 1.165) is 40.0 Å². The summed E-state index contributed by atoms with van der Waals surface area (Å²) in [6.45, 7) is 0. The summed E-state index contributed by atoms with van der Waals surface area (Å²) >= 11 is 1.47. The van der Waals surface area contributed by atoms with Gasteiger partial charge in [-0.15, -0.1) is 10.2 Å². The summed E-state index contributed by atoms with van der Waals surface area (Å²) in [5.74, 6) is 3.75. The topological polar surface area (TPSA) is 59.8 Å². The quantitative estimate of drug-likeness (QED) is 0.537. The minimum atomic E-state index is 0.0503. The van der Waals surface area contributed by atoms with Crippen LogP contribution >= 0.6 is 11.8 Å². The summed E-state index contributed by atoms with van der Waals surface area (Å²) in [6.07, 6.45) is 7.67. The van der Waals surface area contributed by atoms with Crippen molar-refractivity contribution in [1.29, 1.82) is 0 Å². The summed E-state index contributed by atoms with van der Waals surface area (Å²) in [5.41, 5.74) is 2.06. The fraction of sp³-hybridized carbons (Fsp3) is 0.423. The number of carbonyl (C=O) groups is 1. The molecule has 4 saturated carbocycles. The number of rotatable bonds is 6. The van der Waals surface area contributed by atoms with Crippen molar-refractivity contribution in [3.63, 3.8) is 0 Å². The van der Waals surface area contributed by atoms with Crippen LogP contribution in [0.5, 0.6) is 0 Å². The van der Waals surface area contributed by atoms with E-state index in [9.17, 15) is 4.79 Å². The number of nitrogens with zero attached hydrogens (tertiary/aromatic N) is 3. The summed E-state index contributed by atoms with van der Waals surface area (Å²) < 4.78 is 2.05.